The van der Waals surface area contributed by atoms with Gasteiger partial charge in [0.2, 0.25) is 10.0 Å². The van der Waals surface area contributed by atoms with Crippen LogP contribution < -0.4 is 10.5 Å². The van der Waals surface area contributed by atoms with E-state index < -0.39 is 15.8 Å². The largest absolute Gasteiger partial charge is 0.381 e. The Labute approximate surface area is 97.6 Å². The van der Waals surface area contributed by atoms with Gasteiger partial charge in [-0.05, 0) is 25.0 Å². The standard InChI is InChI=1S/C9H10ClFN2O2S/c10-6-3-8(13-5-1-2-5)9(4-7(6)11)16(12,14)15/h3-5,13H,1-2H2,(H2,12,14,15). The van der Waals surface area contributed by atoms with Crippen LogP contribution in [0.2, 0.25) is 5.02 Å². The van der Waals surface area contributed by atoms with Crippen molar-refractivity contribution >= 4 is 27.3 Å². The van der Waals surface area contributed by atoms with Gasteiger partial charge in [0.15, 0.2) is 0 Å². The molecule has 16 heavy (non-hydrogen) atoms. The molecule has 1 aromatic carbocycles. The minimum absolute atomic E-state index is 0.129. The van der Waals surface area contributed by atoms with Crippen LogP contribution in [0.3, 0.4) is 0 Å². The Balaban J connectivity index is 2.50. The van der Waals surface area contributed by atoms with Gasteiger partial charge in [0, 0.05) is 6.04 Å². The van der Waals surface area contributed by atoms with Gasteiger partial charge in [-0.1, -0.05) is 11.6 Å². The normalized spacial score (nSPS) is 16.2. The van der Waals surface area contributed by atoms with Crippen LogP contribution in [-0.4, -0.2) is 14.5 Å². The van der Waals surface area contributed by atoms with Crippen LogP contribution >= 0.6 is 11.6 Å². The third-order valence-electron chi connectivity index (χ3n) is 2.27. The summed E-state index contributed by atoms with van der Waals surface area (Å²) in [6, 6.07) is 2.30. The van der Waals surface area contributed by atoms with Crippen LogP contribution in [-0.2, 0) is 10.0 Å². The lowest BCUT2D eigenvalue weighted by Crippen LogP contribution is -2.16. The summed E-state index contributed by atoms with van der Waals surface area (Å²) < 4.78 is 35.7. The maximum atomic E-state index is 13.2. The van der Waals surface area contributed by atoms with E-state index in [0.717, 1.165) is 18.9 Å². The van der Waals surface area contributed by atoms with E-state index in [1.165, 1.54) is 6.07 Å². The molecule has 0 aliphatic heterocycles. The van der Waals surface area contributed by atoms with Crippen molar-refractivity contribution in [1.82, 2.24) is 0 Å². The first-order valence-corrected chi connectivity index (χ1v) is 6.59. The van der Waals surface area contributed by atoms with Gasteiger partial charge in [0.05, 0.1) is 10.7 Å². The van der Waals surface area contributed by atoms with Gasteiger partial charge < -0.3 is 5.32 Å². The Hall–Kier alpha value is -0.850. The zero-order valence-corrected chi connectivity index (χ0v) is 9.78. The molecule has 0 heterocycles. The molecule has 1 aliphatic carbocycles. The molecule has 0 unspecified atom stereocenters. The summed E-state index contributed by atoms with van der Waals surface area (Å²) in [5.41, 5.74) is 0.261. The smallest absolute Gasteiger partial charge is 0.240 e. The lowest BCUT2D eigenvalue weighted by Gasteiger charge is -2.10. The molecule has 0 aromatic heterocycles. The van der Waals surface area contributed by atoms with Crippen molar-refractivity contribution in [3.63, 3.8) is 0 Å². The average molecular weight is 265 g/mol. The van der Waals surface area contributed by atoms with Crippen LogP contribution in [0.5, 0.6) is 0 Å². The summed E-state index contributed by atoms with van der Waals surface area (Å²) >= 11 is 5.59. The molecule has 1 aromatic rings. The first-order chi connectivity index (χ1) is 7.38. The van der Waals surface area contributed by atoms with E-state index in [2.05, 4.69) is 5.32 Å². The van der Waals surface area contributed by atoms with Crippen molar-refractivity contribution in [2.75, 3.05) is 5.32 Å². The zero-order valence-electron chi connectivity index (χ0n) is 8.20. The number of nitrogens with two attached hydrogens (primary N) is 1. The van der Waals surface area contributed by atoms with Gasteiger partial charge in [0.1, 0.15) is 10.7 Å². The molecule has 2 rings (SSSR count). The van der Waals surface area contributed by atoms with Gasteiger partial charge in [-0.15, -0.1) is 0 Å². The quantitative estimate of drug-likeness (QED) is 0.873. The van der Waals surface area contributed by atoms with Crippen LogP contribution in [0.1, 0.15) is 12.8 Å². The Bertz CT molecular complexity index is 529. The van der Waals surface area contributed by atoms with Crippen molar-refractivity contribution in [1.29, 1.82) is 0 Å². The lowest BCUT2D eigenvalue weighted by molar-refractivity contribution is 0.593. The Morgan fingerprint density at radius 2 is 2.06 bits per heavy atom. The second-order valence-electron chi connectivity index (χ2n) is 3.73. The van der Waals surface area contributed by atoms with Crippen LogP contribution in [0.25, 0.3) is 0 Å². The van der Waals surface area contributed by atoms with Crippen molar-refractivity contribution in [2.45, 2.75) is 23.8 Å². The highest BCUT2D eigenvalue weighted by molar-refractivity contribution is 7.89. The number of primary sulfonamides is 1. The first kappa shape index (κ1) is 11.6. The molecule has 0 atom stereocenters. The minimum atomic E-state index is -3.95. The Morgan fingerprint density at radius 3 is 2.56 bits per heavy atom. The predicted octanol–water partition coefficient (Wildman–Crippen LogP) is 1.70. The number of hydrogen-bond acceptors (Lipinski definition) is 3. The molecule has 3 N–H and O–H groups in total. The number of halogens is 2. The fourth-order valence-electron chi connectivity index (χ4n) is 1.32. The second kappa shape index (κ2) is 3.87. The van der Waals surface area contributed by atoms with E-state index in [9.17, 15) is 12.8 Å². The molecule has 1 fully saturated rings. The van der Waals surface area contributed by atoms with E-state index >= 15 is 0 Å². The van der Waals surface area contributed by atoms with Gasteiger partial charge in [0.25, 0.3) is 0 Å². The van der Waals surface area contributed by atoms with Crippen molar-refractivity contribution in [2.24, 2.45) is 5.14 Å². The monoisotopic (exact) mass is 264 g/mol. The highest BCUT2D eigenvalue weighted by Crippen LogP contribution is 2.31. The van der Waals surface area contributed by atoms with Gasteiger partial charge >= 0.3 is 0 Å². The molecule has 7 heteroatoms. The molecule has 0 saturated heterocycles. The maximum Gasteiger partial charge on any atom is 0.240 e. The van der Waals surface area contributed by atoms with E-state index in [0.29, 0.717) is 0 Å². The third-order valence-corrected chi connectivity index (χ3v) is 3.51. The number of benzene rings is 1. The highest BCUT2D eigenvalue weighted by Gasteiger charge is 2.25. The number of sulfonamides is 1. The van der Waals surface area contributed by atoms with Crippen LogP contribution in [0.4, 0.5) is 10.1 Å². The van der Waals surface area contributed by atoms with E-state index in [1.54, 1.807) is 0 Å². The summed E-state index contributed by atoms with van der Waals surface area (Å²) in [6.45, 7) is 0. The number of hydrogen-bond donors (Lipinski definition) is 2. The number of anilines is 1. The molecule has 0 amide bonds. The van der Waals surface area contributed by atoms with Gasteiger partial charge in [-0.2, -0.15) is 0 Å². The van der Waals surface area contributed by atoms with E-state index in [4.69, 9.17) is 16.7 Å². The predicted molar refractivity (Wildman–Crippen MR) is 59.4 cm³/mol. The van der Waals surface area contributed by atoms with Crippen molar-refractivity contribution in [3.05, 3.63) is 23.0 Å². The first-order valence-electron chi connectivity index (χ1n) is 4.66. The third kappa shape index (κ3) is 2.45. The molecule has 1 saturated carbocycles. The molecular formula is C9H10ClFN2O2S. The fourth-order valence-corrected chi connectivity index (χ4v) is 2.18. The Morgan fingerprint density at radius 1 is 1.44 bits per heavy atom. The molecule has 88 valence electrons. The molecule has 0 spiro atoms. The van der Waals surface area contributed by atoms with Crippen LogP contribution in [0.15, 0.2) is 17.0 Å². The summed E-state index contributed by atoms with van der Waals surface area (Å²) in [6.07, 6.45) is 1.91. The summed E-state index contributed by atoms with van der Waals surface area (Å²) in [7, 11) is -3.95. The SMILES string of the molecule is NS(=O)(=O)c1cc(F)c(Cl)cc1NC1CC1. The maximum absolute atomic E-state index is 13.2. The minimum Gasteiger partial charge on any atom is -0.381 e. The summed E-state index contributed by atoms with van der Waals surface area (Å²) in [5.74, 6) is -0.799. The zero-order chi connectivity index (χ0) is 11.9. The highest BCUT2D eigenvalue weighted by atomic mass is 35.5. The number of rotatable bonds is 3. The molecule has 1 aliphatic rings. The molecular weight excluding hydrogens is 255 g/mol. The molecule has 0 radical (unpaired) electrons. The molecule has 4 nitrogen and oxygen atoms in total. The van der Waals surface area contributed by atoms with E-state index in [-0.39, 0.29) is 21.6 Å². The Kier molecular flexibility index (Phi) is 2.81. The average Bonchev–Trinajstić information content (AvgIpc) is 2.93. The van der Waals surface area contributed by atoms with Gasteiger partial charge in [-0.25, -0.2) is 17.9 Å². The van der Waals surface area contributed by atoms with Crippen LogP contribution in [0, 0.1) is 5.82 Å². The van der Waals surface area contributed by atoms with Crippen molar-refractivity contribution in [3.8, 4) is 0 Å². The summed E-state index contributed by atoms with van der Waals surface area (Å²) in [5, 5.41) is 7.81. The second-order valence-corrected chi connectivity index (χ2v) is 5.66. The molecule has 0 bridgehead atoms. The topological polar surface area (TPSA) is 72.2 Å². The van der Waals surface area contributed by atoms with E-state index in [1.807, 2.05) is 0 Å². The lowest BCUT2D eigenvalue weighted by atomic mass is 10.3. The number of nitrogens with one attached hydrogen (secondary N) is 1. The fraction of sp³-hybridized carbons (Fsp3) is 0.333. The summed E-state index contributed by atoms with van der Waals surface area (Å²) in [4.78, 5) is -0.263. The van der Waals surface area contributed by atoms with Gasteiger partial charge in [-0.3, -0.25) is 0 Å². The van der Waals surface area contributed by atoms with Crippen molar-refractivity contribution < 1.29 is 12.8 Å².